The zero-order valence-corrected chi connectivity index (χ0v) is 19.3. The van der Waals surface area contributed by atoms with E-state index in [1.165, 1.54) is 0 Å². The number of ketones is 1. The van der Waals surface area contributed by atoms with Crippen LogP contribution in [0, 0.1) is 0 Å². The summed E-state index contributed by atoms with van der Waals surface area (Å²) in [5.74, 6) is -0.0872. The number of allylic oxidation sites excluding steroid dienone is 1. The maximum atomic E-state index is 13.0. The van der Waals surface area contributed by atoms with Gasteiger partial charge >= 0.3 is 0 Å². The molecule has 0 atom stereocenters. The van der Waals surface area contributed by atoms with Gasteiger partial charge in [0.15, 0.2) is 5.78 Å². The van der Waals surface area contributed by atoms with Crippen molar-refractivity contribution in [2.75, 3.05) is 6.61 Å². The lowest BCUT2D eigenvalue weighted by atomic mass is 9.73. The van der Waals surface area contributed by atoms with Gasteiger partial charge in [0.2, 0.25) is 0 Å². The van der Waals surface area contributed by atoms with Crippen LogP contribution in [0.2, 0.25) is 25.7 Å². The lowest BCUT2D eigenvalue weighted by molar-refractivity contribution is 0.0847. The number of nitrogens with zero attached hydrogens (tertiary/aromatic N) is 1. The van der Waals surface area contributed by atoms with Crippen LogP contribution in [0.4, 0.5) is 0 Å². The van der Waals surface area contributed by atoms with Gasteiger partial charge in [-0.3, -0.25) is 4.79 Å². The van der Waals surface area contributed by atoms with Crippen molar-refractivity contribution in [2.45, 2.75) is 58.1 Å². The van der Waals surface area contributed by atoms with E-state index in [2.05, 4.69) is 54.0 Å². The standard InChI is InChI=1S/C21H28BrNO3Si/c1-21(2)11-14(12-24)19(25)17-15-7-6-8-16(22)18(15)23(20(17)21)13-26-9-10-27(3,4)5/h6-8,12,24H,9-11,13H2,1-5H3/b14-12-. The molecule has 0 unspecified atom stereocenters. The number of rotatable bonds is 5. The number of aromatic nitrogens is 1. The number of carbonyl (C=O) groups excluding carboxylic acids is 1. The van der Waals surface area contributed by atoms with E-state index < -0.39 is 8.07 Å². The van der Waals surface area contributed by atoms with E-state index in [9.17, 15) is 9.90 Å². The van der Waals surface area contributed by atoms with Gasteiger partial charge in [-0.25, -0.2) is 0 Å². The molecular weight excluding hydrogens is 422 g/mol. The fraction of sp³-hybridized carbons (Fsp3) is 0.476. The molecule has 0 saturated heterocycles. The predicted octanol–water partition coefficient (Wildman–Crippen LogP) is 6.02. The van der Waals surface area contributed by atoms with Crippen LogP contribution in [0.3, 0.4) is 0 Å². The third-order valence-corrected chi connectivity index (χ3v) is 7.54. The number of carbonyl (C=O) groups is 1. The van der Waals surface area contributed by atoms with E-state index in [-0.39, 0.29) is 11.2 Å². The molecule has 1 aliphatic carbocycles. The van der Waals surface area contributed by atoms with Crippen molar-refractivity contribution in [2.24, 2.45) is 0 Å². The van der Waals surface area contributed by atoms with E-state index in [1.54, 1.807) is 0 Å². The number of aliphatic hydroxyl groups excluding tert-OH is 1. The quantitative estimate of drug-likeness (QED) is 0.262. The molecule has 1 aliphatic rings. The number of hydrogen-bond donors (Lipinski definition) is 1. The molecule has 1 aromatic heterocycles. The van der Waals surface area contributed by atoms with Crippen molar-refractivity contribution in [3.63, 3.8) is 0 Å². The lowest BCUT2D eigenvalue weighted by Gasteiger charge is -2.32. The Hall–Kier alpha value is -1.37. The maximum Gasteiger partial charge on any atom is 0.194 e. The highest BCUT2D eigenvalue weighted by molar-refractivity contribution is 9.10. The smallest absolute Gasteiger partial charge is 0.194 e. The number of hydrogen-bond acceptors (Lipinski definition) is 3. The summed E-state index contributed by atoms with van der Waals surface area (Å²) in [7, 11) is -1.16. The first-order chi connectivity index (χ1) is 12.6. The predicted molar refractivity (Wildman–Crippen MR) is 116 cm³/mol. The summed E-state index contributed by atoms with van der Waals surface area (Å²) in [6.07, 6.45) is 1.48. The molecule has 27 heavy (non-hydrogen) atoms. The number of fused-ring (bicyclic) bond motifs is 3. The molecule has 146 valence electrons. The second-order valence-electron chi connectivity index (χ2n) is 9.18. The van der Waals surface area contributed by atoms with E-state index in [4.69, 9.17) is 4.74 Å². The minimum atomic E-state index is -1.16. The zero-order valence-electron chi connectivity index (χ0n) is 16.7. The number of para-hydroxylation sites is 1. The van der Waals surface area contributed by atoms with E-state index >= 15 is 0 Å². The van der Waals surface area contributed by atoms with Gasteiger partial charge in [0.1, 0.15) is 6.73 Å². The summed E-state index contributed by atoms with van der Waals surface area (Å²) < 4.78 is 9.16. The van der Waals surface area contributed by atoms with Crippen molar-refractivity contribution in [1.82, 2.24) is 4.57 Å². The normalized spacial score (nSPS) is 18.3. The minimum absolute atomic E-state index is 0.0872. The van der Waals surface area contributed by atoms with Gasteiger partial charge in [-0.1, -0.05) is 45.6 Å². The lowest BCUT2D eigenvalue weighted by Crippen LogP contribution is -2.32. The van der Waals surface area contributed by atoms with Gasteiger partial charge in [0.25, 0.3) is 0 Å². The molecule has 0 fully saturated rings. The van der Waals surface area contributed by atoms with E-state index in [1.807, 2.05) is 18.2 Å². The van der Waals surface area contributed by atoms with Gasteiger partial charge in [-0.2, -0.15) is 0 Å². The van der Waals surface area contributed by atoms with Crippen molar-refractivity contribution in [3.05, 3.63) is 45.8 Å². The van der Waals surface area contributed by atoms with E-state index in [0.29, 0.717) is 24.3 Å². The molecule has 1 N–H and O–H groups in total. The molecule has 1 heterocycles. The highest BCUT2D eigenvalue weighted by atomic mass is 79.9. The number of ether oxygens (including phenoxy) is 1. The number of aliphatic hydroxyl groups is 1. The number of halogens is 1. The molecule has 0 saturated carbocycles. The van der Waals surface area contributed by atoms with Crippen LogP contribution in [0.1, 0.15) is 36.3 Å². The number of benzene rings is 1. The van der Waals surface area contributed by atoms with Crippen molar-refractivity contribution < 1.29 is 14.6 Å². The van der Waals surface area contributed by atoms with Crippen LogP contribution in [-0.4, -0.2) is 30.1 Å². The van der Waals surface area contributed by atoms with Crippen molar-refractivity contribution in [3.8, 4) is 0 Å². The maximum absolute atomic E-state index is 13.0. The molecule has 0 aliphatic heterocycles. The molecule has 2 aromatic rings. The third-order valence-electron chi connectivity index (χ3n) is 5.20. The Labute approximate surface area is 170 Å². The first-order valence-electron chi connectivity index (χ1n) is 9.34. The molecule has 0 amide bonds. The van der Waals surface area contributed by atoms with Gasteiger partial charge in [-0.15, -0.1) is 0 Å². The summed E-state index contributed by atoms with van der Waals surface area (Å²) in [6, 6.07) is 7.02. The Morgan fingerprint density at radius 2 is 2.04 bits per heavy atom. The molecule has 0 bridgehead atoms. The van der Waals surface area contributed by atoms with Crippen LogP contribution in [0.5, 0.6) is 0 Å². The molecule has 1 aromatic carbocycles. The summed E-state index contributed by atoms with van der Waals surface area (Å²) in [6.45, 7) is 12.4. The summed E-state index contributed by atoms with van der Waals surface area (Å²) >= 11 is 3.66. The Kier molecular flexibility index (Phi) is 5.45. The number of Topliss-reactive ketones (excluding diaryl/α,β-unsaturated/α-hetero) is 1. The second kappa shape index (κ2) is 7.22. The largest absolute Gasteiger partial charge is 0.515 e. The Morgan fingerprint density at radius 3 is 2.67 bits per heavy atom. The average molecular weight is 450 g/mol. The van der Waals surface area contributed by atoms with E-state index in [0.717, 1.165) is 40.0 Å². The zero-order chi connectivity index (χ0) is 20.0. The van der Waals surface area contributed by atoms with Crippen LogP contribution in [0.15, 0.2) is 34.5 Å². The fourth-order valence-corrected chi connectivity index (χ4v) is 5.20. The van der Waals surface area contributed by atoms with Gasteiger partial charge < -0.3 is 14.4 Å². The Morgan fingerprint density at radius 1 is 1.33 bits per heavy atom. The van der Waals surface area contributed by atoms with Gasteiger partial charge in [0, 0.05) is 41.2 Å². The van der Waals surface area contributed by atoms with Gasteiger partial charge in [0.05, 0.1) is 17.3 Å². The van der Waals surface area contributed by atoms with Crippen LogP contribution in [0.25, 0.3) is 10.9 Å². The monoisotopic (exact) mass is 449 g/mol. The average Bonchev–Trinajstić information content (AvgIpc) is 2.91. The first-order valence-corrected chi connectivity index (χ1v) is 13.8. The SMILES string of the molecule is CC1(C)C/C(=C/O)C(=O)c2c1n(COCC[Si](C)(C)C)c1c(Br)cccc21. The molecule has 4 nitrogen and oxygen atoms in total. The molecule has 6 heteroatoms. The van der Waals surface area contributed by atoms with Crippen LogP contribution >= 0.6 is 15.9 Å². The third kappa shape index (κ3) is 3.80. The topological polar surface area (TPSA) is 51.5 Å². The Balaban J connectivity index is 2.12. The molecule has 3 rings (SSSR count). The van der Waals surface area contributed by atoms with Crippen LogP contribution in [-0.2, 0) is 16.9 Å². The summed E-state index contributed by atoms with van der Waals surface area (Å²) in [5.41, 5.74) is 2.85. The van der Waals surface area contributed by atoms with Crippen LogP contribution < -0.4 is 0 Å². The van der Waals surface area contributed by atoms with Crippen molar-refractivity contribution >= 4 is 40.7 Å². The van der Waals surface area contributed by atoms with Gasteiger partial charge in [-0.05, 0) is 34.5 Å². The molecular formula is C21H28BrNO3Si. The van der Waals surface area contributed by atoms with Crippen molar-refractivity contribution in [1.29, 1.82) is 0 Å². The first kappa shape index (κ1) is 20.4. The summed E-state index contributed by atoms with van der Waals surface area (Å²) in [5, 5.41) is 10.5. The summed E-state index contributed by atoms with van der Waals surface area (Å²) in [4.78, 5) is 13.0. The minimum Gasteiger partial charge on any atom is -0.515 e. The highest BCUT2D eigenvalue weighted by Crippen LogP contribution is 2.45. The fourth-order valence-electron chi connectivity index (χ4n) is 3.87. The second-order valence-corrected chi connectivity index (χ2v) is 15.7. The highest BCUT2D eigenvalue weighted by Gasteiger charge is 2.40. The molecule has 0 radical (unpaired) electrons. The molecule has 0 spiro atoms. The Bertz CT molecular complexity index is 922.